The molecule has 0 bridgehead atoms. The molecule has 30 heavy (non-hydrogen) atoms. The van der Waals surface area contributed by atoms with Gasteiger partial charge in [0.2, 0.25) is 11.8 Å². The first-order valence-electron chi connectivity index (χ1n) is 9.73. The second kappa shape index (κ2) is 9.06. The van der Waals surface area contributed by atoms with Crippen LogP contribution in [0.4, 0.5) is 14.9 Å². The number of anilines is 1. The molecule has 8 nitrogen and oxygen atoms in total. The molecule has 2 heterocycles. The van der Waals surface area contributed by atoms with Gasteiger partial charge < -0.3 is 15.0 Å². The number of nitrogens with one attached hydrogen (secondary N) is 1. The monoisotopic (exact) mass is 417 g/mol. The molecule has 0 aliphatic carbocycles. The van der Waals surface area contributed by atoms with Crippen molar-refractivity contribution in [1.82, 2.24) is 10.2 Å². The summed E-state index contributed by atoms with van der Waals surface area (Å²) in [5.74, 6) is -1.10. The van der Waals surface area contributed by atoms with E-state index >= 15 is 0 Å². The van der Waals surface area contributed by atoms with Gasteiger partial charge in [0, 0.05) is 25.6 Å². The molecule has 1 aromatic carbocycles. The van der Waals surface area contributed by atoms with E-state index in [4.69, 9.17) is 4.74 Å². The lowest BCUT2D eigenvalue weighted by molar-refractivity contribution is -0.134. The fourth-order valence-corrected chi connectivity index (χ4v) is 3.49. The molecule has 1 saturated heterocycles. The van der Waals surface area contributed by atoms with Gasteiger partial charge in [-0.3, -0.25) is 19.3 Å². The molecular formula is C21H24FN3O5. The lowest BCUT2D eigenvalue weighted by atomic mass is 9.98. The zero-order valence-electron chi connectivity index (χ0n) is 16.9. The van der Waals surface area contributed by atoms with Crippen molar-refractivity contribution in [3.8, 4) is 0 Å². The third-order valence-corrected chi connectivity index (χ3v) is 5.03. The quantitative estimate of drug-likeness (QED) is 0.713. The predicted octanol–water partition coefficient (Wildman–Crippen LogP) is 1.88. The first-order valence-corrected chi connectivity index (χ1v) is 9.73. The first-order chi connectivity index (χ1) is 14.2. The molecule has 0 radical (unpaired) electrons. The average molecular weight is 417 g/mol. The molecule has 0 saturated carbocycles. The number of carbonyl (C=O) groups excluding carboxylic acids is 4. The van der Waals surface area contributed by atoms with Gasteiger partial charge in [-0.25, -0.2) is 9.18 Å². The second-order valence-corrected chi connectivity index (χ2v) is 7.42. The van der Waals surface area contributed by atoms with E-state index in [0.717, 1.165) is 5.57 Å². The largest absolute Gasteiger partial charge is 0.442 e. The normalized spacial score (nSPS) is 18.7. The van der Waals surface area contributed by atoms with Crippen molar-refractivity contribution in [3.05, 3.63) is 35.7 Å². The molecule has 160 valence electrons. The van der Waals surface area contributed by atoms with Gasteiger partial charge in [-0.1, -0.05) is 6.08 Å². The molecule has 0 spiro atoms. The van der Waals surface area contributed by atoms with Crippen LogP contribution < -0.4 is 10.2 Å². The van der Waals surface area contributed by atoms with Gasteiger partial charge in [0.15, 0.2) is 0 Å². The highest BCUT2D eigenvalue weighted by molar-refractivity contribution is 5.97. The maximum Gasteiger partial charge on any atom is 0.414 e. The summed E-state index contributed by atoms with van der Waals surface area (Å²) in [6.07, 6.45) is 1.05. The Morgan fingerprint density at radius 1 is 1.27 bits per heavy atom. The Morgan fingerprint density at radius 3 is 2.63 bits per heavy atom. The minimum Gasteiger partial charge on any atom is -0.442 e. The maximum absolute atomic E-state index is 14.8. The van der Waals surface area contributed by atoms with Crippen molar-refractivity contribution >= 4 is 35.0 Å². The Morgan fingerprint density at radius 2 is 2.03 bits per heavy atom. The van der Waals surface area contributed by atoms with Crippen molar-refractivity contribution in [3.63, 3.8) is 0 Å². The summed E-state index contributed by atoms with van der Waals surface area (Å²) in [6.45, 7) is 3.91. The molecule has 3 amide bonds. The van der Waals surface area contributed by atoms with E-state index in [1.165, 1.54) is 24.8 Å². The molecule has 1 fully saturated rings. The van der Waals surface area contributed by atoms with E-state index in [1.54, 1.807) is 23.1 Å². The number of halogens is 1. The molecule has 1 N–H and O–H groups in total. The van der Waals surface area contributed by atoms with E-state index in [-0.39, 0.29) is 37.1 Å². The third-order valence-electron chi connectivity index (χ3n) is 5.03. The summed E-state index contributed by atoms with van der Waals surface area (Å²) < 4.78 is 20.0. The number of Topliss-reactive ketones (excluding diaryl/α,β-unsaturated/α-hetero) is 1. The number of ether oxygens (including phenoxy) is 1. The van der Waals surface area contributed by atoms with Crippen molar-refractivity contribution in [2.24, 2.45) is 0 Å². The molecule has 1 unspecified atom stereocenters. The molecule has 1 aromatic rings. The number of hydrogen-bond acceptors (Lipinski definition) is 5. The molecular weight excluding hydrogens is 393 g/mol. The molecule has 0 aromatic heterocycles. The van der Waals surface area contributed by atoms with Crippen molar-refractivity contribution in [1.29, 1.82) is 0 Å². The summed E-state index contributed by atoms with van der Waals surface area (Å²) in [5.41, 5.74) is 1.57. The van der Waals surface area contributed by atoms with Crippen LogP contribution in [0.15, 0.2) is 24.3 Å². The van der Waals surface area contributed by atoms with Gasteiger partial charge in [-0.15, -0.1) is 0 Å². The van der Waals surface area contributed by atoms with E-state index in [9.17, 15) is 23.6 Å². The number of carbonyl (C=O) groups is 4. The molecule has 3 rings (SSSR count). The van der Waals surface area contributed by atoms with E-state index < -0.39 is 18.0 Å². The Balaban J connectivity index is 1.67. The predicted molar refractivity (Wildman–Crippen MR) is 107 cm³/mol. The number of rotatable bonds is 6. The Labute approximate surface area is 173 Å². The number of nitrogens with zero attached hydrogens (tertiary/aromatic N) is 2. The summed E-state index contributed by atoms with van der Waals surface area (Å²) >= 11 is 0. The zero-order valence-corrected chi connectivity index (χ0v) is 16.9. The third kappa shape index (κ3) is 5.03. The van der Waals surface area contributed by atoms with E-state index in [1.807, 2.05) is 0 Å². The zero-order chi connectivity index (χ0) is 21.8. The Hall–Kier alpha value is -3.23. The second-order valence-electron chi connectivity index (χ2n) is 7.42. The van der Waals surface area contributed by atoms with Crippen LogP contribution in [0.2, 0.25) is 0 Å². The highest BCUT2D eigenvalue weighted by Gasteiger charge is 2.33. The van der Waals surface area contributed by atoms with Crippen LogP contribution >= 0.6 is 0 Å². The maximum atomic E-state index is 14.8. The van der Waals surface area contributed by atoms with Gasteiger partial charge in [0.25, 0.3) is 0 Å². The van der Waals surface area contributed by atoms with Crippen molar-refractivity contribution < 1.29 is 28.3 Å². The van der Waals surface area contributed by atoms with Gasteiger partial charge in [0.05, 0.1) is 25.2 Å². The fraction of sp³-hybridized carbons (Fsp3) is 0.429. The summed E-state index contributed by atoms with van der Waals surface area (Å²) in [5, 5.41) is 2.59. The summed E-state index contributed by atoms with van der Waals surface area (Å²) in [4.78, 5) is 49.1. The van der Waals surface area contributed by atoms with Crippen LogP contribution in [-0.4, -0.2) is 60.9 Å². The van der Waals surface area contributed by atoms with Crippen LogP contribution in [0, 0.1) is 5.82 Å². The van der Waals surface area contributed by atoms with E-state index in [0.29, 0.717) is 30.8 Å². The fourth-order valence-electron chi connectivity index (χ4n) is 3.49. The number of hydrogen-bond donors (Lipinski definition) is 1. The smallest absolute Gasteiger partial charge is 0.414 e. The van der Waals surface area contributed by atoms with Gasteiger partial charge in [0.1, 0.15) is 17.7 Å². The van der Waals surface area contributed by atoms with Crippen molar-refractivity contribution in [2.75, 3.05) is 31.1 Å². The summed E-state index contributed by atoms with van der Waals surface area (Å²) in [6, 6.07) is 4.54. The molecule has 1 atom stereocenters. The number of cyclic esters (lactones) is 1. The number of benzene rings is 1. The minimum atomic E-state index is -0.589. The van der Waals surface area contributed by atoms with Gasteiger partial charge >= 0.3 is 6.09 Å². The number of ketones is 1. The number of amides is 3. The van der Waals surface area contributed by atoms with Crippen LogP contribution in [0.5, 0.6) is 0 Å². The molecule has 2 aliphatic heterocycles. The Kier molecular flexibility index (Phi) is 6.49. The standard InChI is InChI=1S/C21H24FN3O5/c1-13(26)9-20(28)24-7-5-15(6-8-24)18-4-3-16(10-19(18)22)25-12-17(30-21(25)29)11-23-14(2)27/h3-5,10,17H,6-9,11-12H2,1-2H3,(H,23,27). The lowest BCUT2D eigenvalue weighted by Crippen LogP contribution is -2.35. The van der Waals surface area contributed by atoms with Crippen molar-refractivity contribution in [2.45, 2.75) is 32.8 Å². The Bertz CT molecular complexity index is 914. The van der Waals surface area contributed by atoms with Crippen LogP contribution in [0.1, 0.15) is 32.3 Å². The average Bonchev–Trinajstić information content (AvgIpc) is 3.06. The highest BCUT2D eigenvalue weighted by atomic mass is 19.1. The highest BCUT2D eigenvalue weighted by Crippen LogP contribution is 2.29. The first kappa shape index (κ1) is 21.5. The van der Waals surface area contributed by atoms with Crippen LogP contribution in [-0.2, 0) is 19.1 Å². The lowest BCUT2D eigenvalue weighted by Gasteiger charge is -2.26. The minimum absolute atomic E-state index is 0.124. The molecule has 2 aliphatic rings. The van der Waals surface area contributed by atoms with Gasteiger partial charge in [-0.05, 0) is 37.1 Å². The van der Waals surface area contributed by atoms with E-state index in [2.05, 4.69) is 5.32 Å². The summed E-state index contributed by atoms with van der Waals surface area (Å²) in [7, 11) is 0. The van der Waals surface area contributed by atoms with Crippen LogP contribution in [0.3, 0.4) is 0 Å². The topological polar surface area (TPSA) is 96.0 Å². The van der Waals surface area contributed by atoms with Gasteiger partial charge in [-0.2, -0.15) is 0 Å². The molecule has 9 heteroatoms. The van der Waals surface area contributed by atoms with Crippen LogP contribution in [0.25, 0.3) is 5.57 Å². The SMILES string of the molecule is CC(=O)CC(=O)N1CC=C(c2ccc(N3CC(CNC(C)=O)OC3=O)cc2F)CC1.